The van der Waals surface area contributed by atoms with Crippen LogP contribution in [0.5, 0.6) is 0 Å². The molecule has 334 valence electrons. The number of aliphatic hydroxyl groups is 1. The lowest BCUT2D eigenvalue weighted by Gasteiger charge is -2.48. The molecule has 1 amide bonds. The van der Waals surface area contributed by atoms with E-state index in [2.05, 4.69) is 35.9 Å². The van der Waals surface area contributed by atoms with Crippen molar-refractivity contribution in [3.63, 3.8) is 0 Å². The molecule has 5 rings (SSSR count). The zero-order chi connectivity index (χ0) is 44.3. The highest BCUT2D eigenvalue weighted by Crippen LogP contribution is 2.44. The summed E-state index contributed by atoms with van der Waals surface area (Å²) in [6, 6.07) is 7.06. The Balaban J connectivity index is 1.42. The first-order valence-corrected chi connectivity index (χ1v) is 22.1. The number of cyclic esters (lactones) is 1. The van der Waals surface area contributed by atoms with Gasteiger partial charge in [0.1, 0.15) is 17.6 Å². The summed E-state index contributed by atoms with van der Waals surface area (Å²) >= 11 is 0. The number of ketones is 1. The maximum atomic E-state index is 14.8. The van der Waals surface area contributed by atoms with E-state index in [0.717, 1.165) is 23.4 Å². The van der Waals surface area contributed by atoms with Crippen LogP contribution in [-0.4, -0.2) is 129 Å². The lowest BCUT2D eigenvalue weighted by Crippen LogP contribution is -2.59. The summed E-state index contributed by atoms with van der Waals surface area (Å²) in [7, 11) is 8.86. The molecule has 2 aromatic rings. The molecule has 3 aliphatic heterocycles. The van der Waals surface area contributed by atoms with E-state index in [9.17, 15) is 19.5 Å². The molecule has 0 bridgehead atoms. The maximum Gasteiger partial charge on any atom is 0.410 e. The van der Waals surface area contributed by atoms with E-state index in [1.54, 1.807) is 30.5 Å². The first-order chi connectivity index (χ1) is 28.3. The Morgan fingerprint density at radius 2 is 1.73 bits per heavy atom. The van der Waals surface area contributed by atoms with Gasteiger partial charge in [0.2, 0.25) is 0 Å². The summed E-state index contributed by atoms with van der Waals surface area (Å²) in [6.07, 6.45) is 0.303. The Morgan fingerprint density at radius 3 is 2.38 bits per heavy atom. The second-order valence-electron chi connectivity index (χ2n) is 18.2. The second kappa shape index (κ2) is 19.8. The second-order valence-corrected chi connectivity index (χ2v) is 18.4. The molecule has 0 spiro atoms. The van der Waals surface area contributed by atoms with Crippen LogP contribution in [0.2, 0.25) is 0 Å². The Hall–Kier alpha value is -3.33. The average Bonchev–Trinajstić information content (AvgIpc) is 3.80. The van der Waals surface area contributed by atoms with Gasteiger partial charge in [-0.2, -0.15) is 0 Å². The van der Waals surface area contributed by atoms with E-state index in [4.69, 9.17) is 23.7 Å². The highest BCUT2D eigenvalue weighted by atomic mass is 31.0. The third kappa shape index (κ3) is 9.97. The summed E-state index contributed by atoms with van der Waals surface area (Å²) < 4.78 is 37.9. The van der Waals surface area contributed by atoms with Crippen molar-refractivity contribution < 1.29 is 43.2 Å². The molecule has 0 saturated carbocycles. The van der Waals surface area contributed by atoms with Crippen LogP contribution in [0, 0.1) is 29.6 Å². The molecule has 3 fully saturated rings. The smallest absolute Gasteiger partial charge is 0.410 e. The highest BCUT2D eigenvalue weighted by Gasteiger charge is 2.60. The molecule has 14 atom stereocenters. The van der Waals surface area contributed by atoms with Gasteiger partial charge in [-0.25, -0.2) is 9.54 Å². The summed E-state index contributed by atoms with van der Waals surface area (Å²) in [4.78, 5) is 46.6. The van der Waals surface area contributed by atoms with Gasteiger partial charge >= 0.3 is 12.1 Å². The maximum absolute atomic E-state index is 14.8. The van der Waals surface area contributed by atoms with Gasteiger partial charge in [0, 0.05) is 55.5 Å². The van der Waals surface area contributed by atoms with E-state index in [1.165, 1.54) is 0 Å². The summed E-state index contributed by atoms with van der Waals surface area (Å²) in [5.74, 6) is -3.66. The summed E-state index contributed by atoms with van der Waals surface area (Å²) in [5.41, 5.74) is -0.0955. The van der Waals surface area contributed by atoms with Gasteiger partial charge in [-0.15, -0.1) is 5.10 Å². The van der Waals surface area contributed by atoms with E-state index < -0.39 is 77.6 Å². The van der Waals surface area contributed by atoms with E-state index >= 15 is 0 Å². The Bertz CT molecular complexity index is 1810. The lowest BCUT2D eigenvalue weighted by molar-refractivity contribution is -0.287. The van der Waals surface area contributed by atoms with Gasteiger partial charge < -0.3 is 38.6 Å². The van der Waals surface area contributed by atoms with Crippen LogP contribution in [0.1, 0.15) is 94.4 Å². The molecule has 0 unspecified atom stereocenters. The number of esters is 1. The molecule has 1 aromatic heterocycles. The molecule has 1 aromatic carbocycles. The summed E-state index contributed by atoms with van der Waals surface area (Å²) in [6.45, 7) is 17.7. The number of aryl methyl sites for hydroxylation is 1. The van der Waals surface area contributed by atoms with E-state index in [0.29, 0.717) is 32.4 Å². The number of hydrogen-bond acceptors (Lipinski definition) is 13. The number of aromatic nitrogens is 3. The predicted octanol–water partition coefficient (Wildman–Crippen LogP) is 6.95. The van der Waals surface area contributed by atoms with Crippen LogP contribution in [-0.2, 0) is 39.8 Å². The van der Waals surface area contributed by atoms with Crippen molar-refractivity contribution in [2.24, 2.45) is 34.3 Å². The largest absolute Gasteiger partial charge is 0.458 e. The number of amides is 1. The fraction of sp³-hybridized carbons (Fsp3) is 0.750. The topological polar surface area (TPSA) is 167 Å². The number of ether oxygens (including phenoxy) is 5. The minimum absolute atomic E-state index is 0.0304. The van der Waals surface area contributed by atoms with Gasteiger partial charge in [-0.1, -0.05) is 52.0 Å². The number of Topliss-reactive ketones (excluding diaryl/α,β-unsaturated/α-hetero) is 1. The number of benzene rings is 1. The molecule has 3 saturated heterocycles. The number of methoxy groups -OCH3 is 1. The number of carbonyl (C=O) groups excluding carboxylic acids is 3. The van der Waals surface area contributed by atoms with Gasteiger partial charge in [0.15, 0.2) is 11.9 Å². The molecule has 15 nitrogen and oxygen atoms in total. The third-order valence-electron chi connectivity index (χ3n) is 13.6. The fourth-order valence-electron chi connectivity index (χ4n) is 10.0. The molecule has 60 heavy (non-hydrogen) atoms. The van der Waals surface area contributed by atoms with Gasteiger partial charge in [-0.05, 0) is 95.1 Å². The van der Waals surface area contributed by atoms with Crippen LogP contribution in [0.25, 0.3) is 11.3 Å². The molecule has 16 heteroatoms. The molecule has 1 N–H and O–H groups in total. The summed E-state index contributed by atoms with van der Waals surface area (Å²) in [5, 5.41) is 20.6. The van der Waals surface area contributed by atoms with Crippen LogP contribution < -0.4 is 0 Å². The first-order valence-electron chi connectivity index (χ1n) is 21.6. The molecule has 3 aliphatic rings. The van der Waals surface area contributed by atoms with Crippen molar-refractivity contribution in [1.29, 1.82) is 0 Å². The average molecular weight is 857 g/mol. The highest BCUT2D eigenvalue weighted by molar-refractivity contribution is 7.04. The Morgan fingerprint density at radius 1 is 1.03 bits per heavy atom. The van der Waals surface area contributed by atoms with Crippen molar-refractivity contribution in [2.75, 3.05) is 27.7 Å². The number of carbonyl (C=O) groups is 3. The quantitative estimate of drug-likeness (QED) is 0.133. The van der Waals surface area contributed by atoms with Crippen molar-refractivity contribution in [3.05, 3.63) is 30.5 Å². The number of aliphatic hydroxyl groups excluding tert-OH is 1. The minimum atomic E-state index is -1.36. The first kappa shape index (κ1) is 47.7. The van der Waals surface area contributed by atoms with E-state index in [1.807, 2.05) is 86.1 Å². The zero-order valence-electron chi connectivity index (χ0n) is 37.7. The molecule has 4 heterocycles. The monoisotopic (exact) mass is 856 g/mol. The zero-order valence-corrected chi connectivity index (χ0v) is 38.7. The Kier molecular flexibility index (Phi) is 15.7. The number of nitrogens with zero attached hydrogens (tertiary/aromatic N) is 6. The van der Waals surface area contributed by atoms with Crippen LogP contribution in [0.15, 0.2) is 35.2 Å². The molecular formula is C44H69N6O9P. The minimum Gasteiger partial charge on any atom is -0.458 e. The number of fused-ring (bicyclic) bond motifs is 1. The van der Waals surface area contributed by atoms with Crippen LogP contribution in [0.4, 0.5) is 10.5 Å². The molecule has 0 radical (unpaired) electrons. The van der Waals surface area contributed by atoms with E-state index in [-0.39, 0.29) is 30.3 Å². The number of rotatable bonds is 12. The number of unbranched alkanes of at least 4 members (excludes halogenated alkanes) is 1. The molecule has 0 aliphatic carbocycles. The van der Waals surface area contributed by atoms with Crippen molar-refractivity contribution in [2.45, 2.75) is 155 Å². The number of hydrogen-bond donors (Lipinski definition) is 1. The van der Waals surface area contributed by atoms with Crippen LogP contribution in [0.3, 0.4) is 0 Å². The van der Waals surface area contributed by atoms with Gasteiger partial charge in [0.05, 0.1) is 47.8 Å². The SMILES string of the molecule is CC[C@H]1OC(=O)[C@H](C)[C@@H](O)[C@H](C)[C@@H](O[C@@H]2O[C@H](C)C[C@H](N(C)C)[C@H]2C)[C@@](C)(OC)C[C@@H](C)C(=O)[C@H](C)[C@@H]2N(CCCCn3cc(-c4cccc(N=P)c4)nn3)C(=O)O[C@@]21C. The third-order valence-corrected chi connectivity index (χ3v) is 13.8. The predicted molar refractivity (Wildman–Crippen MR) is 229 cm³/mol. The van der Waals surface area contributed by atoms with Crippen molar-refractivity contribution >= 4 is 32.6 Å². The standard InChI is InChI=1S/C44H69N6O9P/c1-13-35-44(9)38(50(42(54)59-44)20-15-14-19-49-24-33(45-47-49)31-17-16-18-32(22-31)46-60)28(5)36(51)25(2)23-43(8,55-12)39(29(6)37(52)30(7)40(53)57-35)58-41-27(4)34(48(10)11)21-26(3)56-41/h16-18,22,24-30,34-35,37-39,41,52,60H,13-15,19-21,23H2,1-12H3/t25-,26-,27-,28+,29+,30-,34+,35-,37+,38+,39-,41+,43+,44-/m1/s1. The van der Waals surface area contributed by atoms with Crippen LogP contribution >= 0.6 is 9.03 Å². The fourth-order valence-corrected chi connectivity index (χ4v) is 10.2. The van der Waals surface area contributed by atoms with Crippen molar-refractivity contribution in [1.82, 2.24) is 24.8 Å². The van der Waals surface area contributed by atoms with Crippen molar-refractivity contribution in [3.8, 4) is 11.3 Å². The lowest BCUT2D eigenvalue weighted by atomic mass is 9.73. The Labute approximate surface area is 358 Å². The van der Waals surface area contributed by atoms with Gasteiger partial charge in [0.25, 0.3) is 0 Å². The van der Waals surface area contributed by atoms with Gasteiger partial charge in [-0.3, -0.25) is 14.3 Å². The normalized spacial score (nSPS) is 37.0. The molecular weight excluding hydrogens is 787 g/mol.